The zero-order chi connectivity index (χ0) is 28.8. The Labute approximate surface area is 297 Å². The smallest absolute Gasteiger partial charge is 0.234 e. The summed E-state index contributed by atoms with van der Waals surface area (Å²) in [6.45, 7) is 0. The highest BCUT2D eigenvalue weighted by Gasteiger charge is 3.01. The lowest BCUT2D eigenvalue weighted by atomic mass is 10.8. The molecule has 0 aromatic heterocycles. The molecular weight excluding hydrogens is 1130 g/mol. The van der Waals surface area contributed by atoms with E-state index in [1.807, 2.05) is 0 Å². The van der Waals surface area contributed by atoms with Crippen molar-refractivity contribution in [1.82, 2.24) is 0 Å². The minimum absolute atomic E-state index is 0. The van der Waals surface area contributed by atoms with E-state index in [2.05, 4.69) is 43.7 Å². The molecule has 0 aromatic rings. The zero-order valence-corrected chi connectivity index (χ0v) is 25.3. The Hall–Kier alpha value is 2.70. The number of hydrogen-bond acceptors (Lipinski definition) is 0. The molecule has 0 atom stereocenters. The topological polar surface area (TPSA) is 0 Å². The van der Waals surface area contributed by atoms with E-state index in [9.17, 15) is 65.7 Å². The first kappa shape index (κ1) is 96.9. The summed E-state index contributed by atoms with van der Waals surface area (Å²) in [6.07, 6.45) is -8.15. The van der Waals surface area contributed by atoms with E-state index in [1.54, 1.807) is 21.5 Å². The number of hydrogen-bond donors (Lipinski definition) is 0. The van der Waals surface area contributed by atoms with Gasteiger partial charge in [-0.1, -0.05) is 86.8 Å². The number of alkyl halides is 12. The second kappa shape index (κ2) is 72.7. The molecule has 0 radical (unpaired) electrons. The van der Waals surface area contributed by atoms with Gasteiger partial charge >= 0.3 is 29.9 Å². The van der Waals surface area contributed by atoms with Crippen molar-refractivity contribution in [2.75, 3.05) is 18.4 Å². The summed E-state index contributed by atoms with van der Waals surface area (Å²) in [5.74, 6) is -15.4. The molecule has 0 aromatic carbocycles. The third kappa shape index (κ3) is 60.7. The van der Waals surface area contributed by atoms with Crippen LogP contribution in [0.3, 0.4) is 0 Å². The van der Waals surface area contributed by atoms with Crippen LogP contribution < -0.4 is 0 Å². The second-order valence-corrected chi connectivity index (χ2v) is 3.15. The first-order valence-corrected chi connectivity index (χ1v) is 11.8. The molecule has 262 valence electrons. The molecule has 24 heteroatoms. The molecule has 0 spiro atoms. The maximum Gasteiger partial charge on any atom is 0.385 e. The largest absolute Gasteiger partial charge is 0.385 e. The first-order valence-electron chi connectivity index (χ1n) is 5.06. The van der Waals surface area contributed by atoms with Crippen molar-refractivity contribution in [3.05, 3.63) is 12.2 Å². The van der Waals surface area contributed by atoms with Crippen LogP contribution in [-0.4, -0.2) is 36.2 Å². The molecule has 0 unspecified atom stereocenters. The van der Waals surface area contributed by atoms with Gasteiger partial charge < -0.3 is 0 Å². The molecule has 1 aliphatic rings. The highest BCUT2D eigenvalue weighted by atomic mass is 127. The monoisotopic (exact) mass is 1170 g/mol. The average Bonchev–Trinajstić information content (AvgIpc) is 3.04. The molecule has 0 nitrogen and oxygen atoms in total. The van der Waals surface area contributed by atoms with E-state index in [0.29, 0.717) is 69.5 Å². The normalized spacial score (nSPS) is 11.1. The molecule has 0 N–H and O–H groups in total. The summed E-state index contributed by atoms with van der Waals surface area (Å²) in [4.78, 5) is 0. The molecule has 1 saturated carbocycles. The van der Waals surface area contributed by atoms with Crippen LogP contribution in [0.1, 0.15) is 52.0 Å². The lowest BCUT2D eigenvalue weighted by Crippen LogP contribution is -2.02. The Balaban J connectivity index is -0.0000000134. The van der Waals surface area contributed by atoms with E-state index in [-0.39, 0.29) is 52.0 Å². The van der Waals surface area contributed by atoms with Crippen molar-refractivity contribution in [3.63, 3.8) is 0 Å². The molecule has 0 bridgehead atoms. The Morgan fingerprint density at radius 2 is 0.462 bits per heavy atom. The van der Waals surface area contributed by atoms with Gasteiger partial charge in [-0.3, -0.25) is 0 Å². The third-order valence-corrected chi connectivity index (χ3v) is 1.26. The molecule has 1 fully saturated rings. The van der Waals surface area contributed by atoms with Crippen molar-refractivity contribution < 1.29 is 65.7 Å². The van der Waals surface area contributed by atoms with E-state index in [4.69, 9.17) is 0 Å². The van der Waals surface area contributed by atoms with Crippen LogP contribution in [0.5, 0.6) is 0 Å². The summed E-state index contributed by atoms with van der Waals surface area (Å²) in [5, 5.41) is 0. The average molecular weight is 1170 g/mol. The Bertz CT molecular complexity index is 304. The van der Waals surface area contributed by atoms with Crippen molar-refractivity contribution in [2.45, 2.75) is 69.8 Å². The van der Waals surface area contributed by atoms with Gasteiger partial charge in [0.25, 0.3) is 0 Å². The van der Waals surface area contributed by atoms with E-state index in [1.165, 1.54) is 0 Å². The summed E-state index contributed by atoms with van der Waals surface area (Å²) in [5.41, 5.74) is 0. The van der Waals surface area contributed by atoms with Gasteiger partial charge in [-0.2, -0.15) is 52.5 Å². The van der Waals surface area contributed by atoms with Gasteiger partial charge in [0.15, 0.2) is 87.9 Å². The quantitative estimate of drug-likeness (QED) is 0.129. The highest BCUT2D eigenvalue weighted by molar-refractivity contribution is 14.1. The van der Waals surface area contributed by atoms with Crippen LogP contribution in [0, 0.1) is 0 Å². The third-order valence-electron chi connectivity index (χ3n) is 1.26. The lowest BCUT2D eigenvalue weighted by molar-refractivity contribution is -0.0278. The summed E-state index contributed by atoms with van der Waals surface area (Å²) in [6, 6.07) is 0. The number of rotatable bonds is 0. The first-order chi connectivity index (χ1) is 14.6. The Morgan fingerprint density at radius 3 is 0.462 bits per heavy atom. The van der Waals surface area contributed by atoms with Crippen LogP contribution in [0.25, 0.3) is 0 Å². The predicted molar refractivity (Wildman–Crippen MR) is 174 cm³/mol. The Kier molecular flexibility index (Phi) is 181. The molecule has 39 heavy (non-hydrogen) atoms. The van der Waals surface area contributed by atoms with Gasteiger partial charge in [-0.25, -0.2) is 13.2 Å². The molecule has 0 heterocycles. The molecule has 0 amide bonds. The van der Waals surface area contributed by atoms with Crippen LogP contribution in [0.2, 0.25) is 0 Å². The maximum absolute atomic E-state index is 11.2. The van der Waals surface area contributed by atoms with Gasteiger partial charge in [-0.05, 0) is 8.91 Å². The molecule has 0 aliphatic heterocycles. The van der Waals surface area contributed by atoms with Gasteiger partial charge in [0.05, 0.1) is 0 Å². The summed E-state index contributed by atoms with van der Waals surface area (Å²) >= 11 is 16.6. The highest BCUT2D eigenvalue weighted by Crippen LogP contribution is 2.68. The van der Waals surface area contributed by atoms with Crippen molar-refractivity contribution in [3.8, 4) is 0 Å². The second-order valence-electron chi connectivity index (χ2n) is 2.55. The van der Waals surface area contributed by atoms with Gasteiger partial charge in [0.2, 0.25) is 0 Å². The zero-order valence-electron chi connectivity index (χ0n) is 13.7. The fourth-order valence-electron chi connectivity index (χ4n) is 0.356. The van der Waals surface area contributed by atoms with Gasteiger partial charge in [0, 0.05) is 21.5 Å². The Morgan fingerprint density at radius 1 is 0.410 bits per heavy atom. The summed E-state index contributed by atoms with van der Waals surface area (Å²) < 4.78 is 167. The minimum Gasteiger partial charge on any atom is -0.234 e. The minimum atomic E-state index is -5.12. The van der Waals surface area contributed by atoms with Crippen molar-refractivity contribution in [1.29, 1.82) is 0 Å². The van der Waals surface area contributed by atoms with Gasteiger partial charge in [0.1, 0.15) is 0 Å². The molecule has 1 rings (SSSR count). The van der Waals surface area contributed by atoms with Crippen molar-refractivity contribution >= 4 is 135 Å². The van der Waals surface area contributed by atoms with Crippen LogP contribution in [0.15, 0.2) is 12.2 Å². The lowest BCUT2D eigenvalue weighted by Gasteiger charge is -1.83. The predicted octanol–water partition coefficient (Wildman–Crippen LogP) is 17.3. The van der Waals surface area contributed by atoms with E-state index in [0.717, 1.165) is 0 Å². The standard InChI is InChI=1S/C3F6.C2F4.3CH2ClF.7CH4.ClI.3FI/c4-1(5)2(6,7)3(1,8)9;3-1(4)2(5)6;3*2-1-3;;;;;;;;4*1-2/h;;3*1H2;7*1H4;;;;. The molecule has 1 aliphatic carbocycles. The number of halogens is 24. The van der Waals surface area contributed by atoms with Crippen molar-refractivity contribution in [2.24, 2.45) is 0 Å². The van der Waals surface area contributed by atoms with Crippen LogP contribution in [-0.2, 0) is 0 Å². The van der Waals surface area contributed by atoms with E-state index < -0.39 is 48.3 Å². The maximum atomic E-state index is 11.2. The van der Waals surface area contributed by atoms with E-state index >= 15 is 0 Å². The molecule has 0 saturated heterocycles. The van der Waals surface area contributed by atoms with Crippen LogP contribution >= 0.6 is 135 Å². The molecular formula is C15H34Cl4F16I4. The SMILES string of the molecule is C.C.C.C.C.C.C.ClI.FC(F)=C(F)F.FC1(F)C(F)(F)C1(F)F.FCCl.FCCl.FCCl.FI.FI.FI. The summed E-state index contributed by atoms with van der Waals surface area (Å²) in [7, 11) is 4.61. The van der Waals surface area contributed by atoms with Gasteiger partial charge in [-0.15, -0.1) is 0 Å². The fraction of sp³-hybridized carbons (Fsp3) is 0.867. The van der Waals surface area contributed by atoms with Crippen LogP contribution in [0.4, 0.5) is 65.7 Å². The fourth-order valence-corrected chi connectivity index (χ4v) is 0.356.